The summed E-state index contributed by atoms with van der Waals surface area (Å²) in [7, 11) is 1.57. The Morgan fingerprint density at radius 1 is 1.08 bits per heavy atom. The molecule has 0 atom stereocenters. The zero-order chi connectivity index (χ0) is 17.2. The molecule has 1 aliphatic heterocycles. The minimum Gasteiger partial charge on any atom is -0.496 e. The number of amides is 1. The highest BCUT2D eigenvalue weighted by molar-refractivity contribution is 5.97. The number of rotatable bonds is 4. The van der Waals surface area contributed by atoms with Crippen molar-refractivity contribution < 1.29 is 9.53 Å². The molecule has 1 fully saturated rings. The van der Waals surface area contributed by atoms with Crippen LogP contribution in [0, 0.1) is 0 Å². The molecule has 25 heavy (non-hydrogen) atoms. The first-order valence-electron chi connectivity index (χ1n) is 8.16. The van der Waals surface area contributed by atoms with Crippen molar-refractivity contribution in [1.82, 2.24) is 19.9 Å². The Hall–Kier alpha value is -3.15. The minimum atomic E-state index is -0.0166. The van der Waals surface area contributed by atoms with Crippen LogP contribution in [0.15, 0.2) is 60.8 Å². The van der Waals surface area contributed by atoms with Gasteiger partial charge in [0.15, 0.2) is 0 Å². The van der Waals surface area contributed by atoms with Crippen molar-refractivity contribution in [3.05, 3.63) is 66.4 Å². The van der Waals surface area contributed by atoms with Crippen LogP contribution in [0.3, 0.4) is 0 Å². The zero-order valence-corrected chi connectivity index (χ0v) is 13.9. The Bertz CT molecular complexity index is 885. The van der Waals surface area contributed by atoms with Gasteiger partial charge in [0.05, 0.1) is 24.9 Å². The minimum absolute atomic E-state index is 0.0166. The lowest BCUT2D eigenvalue weighted by Gasteiger charge is -2.39. The molecule has 0 aliphatic carbocycles. The van der Waals surface area contributed by atoms with Crippen LogP contribution in [0.1, 0.15) is 16.4 Å². The fourth-order valence-corrected chi connectivity index (χ4v) is 2.98. The number of methoxy groups -OCH3 is 1. The van der Waals surface area contributed by atoms with Crippen molar-refractivity contribution in [3.8, 4) is 17.0 Å². The van der Waals surface area contributed by atoms with Crippen molar-refractivity contribution in [2.75, 3.05) is 20.2 Å². The Balaban J connectivity index is 1.44. The molecule has 0 N–H and O–H groups in total. The van der Waals surface area contributed by atoms with Gasteiger partial charge in [-0.05, 0) is 12.1 Å². The molecule has 0 spiro atoms. The summed E-state index contributed by atoms with van der Waals surface area (Å²) >= 11 is 0. The maximum atomic E-state index is 12.6. The van der Waals surface area contributed by atoms with Crippen LogP contribution < -0.4 is 4.74 Å². The van der Waals surface area contributed by atoms with Crippen LogP contribution in [0.5, 0.6) is 5.75 Å². The first-order valence-corrected chi connectivity index (χ1v) is 8.16. The molecule has 6 nitrogen and oxygen atoms in total. The SMILES string of the molecule is COc1ccccc1C(=O)N1CC(n2cc(-c3ccccc3)nn2)C1. The number of carbonyl (C=O) groups excluding carboxylic acids is 1. The third kappa shape index (κ3) is 2.87. The van der Waals surface area contributed by atoms with Crippen molar-refractivity contribution in [2.45, 2.75) is 6.04 Å². The lowest BCUT2D eigenvalue weighted by molar-refractivity contribution is 0.0495. The van der Waals surface area contributed by atoms with E-state index in [0.717, 1.165) is 11.3 Å². The number of nitrogens with zero attached hydrogens (tertiary/aromatic N) is 4. The third-order valence-corrected chi connectivity index (χ3v) is 4.44. The monoisotopic (exact) mass is 334 g/mol. The predicted molar refractivity (Wildman–Crippen MR) is 93.4 cm³/mol. The lowest BCUT2D eigenvalue weighted by atomic mass is 10.1. The van der Waals surface area contributed by atoms with Crippen LogP contribution >= 0.6 is 0 Å². The van der Waals surface area contributed by atoms with Gasteiger partial charge in [-0.2, -0.15) is 0 Å². The summed E-state index contributed by atoms with van der Waals surface area (Å²) in [5, 5.41) is 8.45. The molecule has 1 saturated heterocycles. The first-order chi connectivity index (χ1) is 12.3. The van der Waals surface area contributed by atoms with Crippen molar-refractivity contribution >= 4 is 5.91 Å². The van der Waals surface area contributed by atoms with E-state index in [2.05, 4.69) is 10.3 Å². The van der Waals surface area contributed by atoms with Gasteiger partial charge in [-0.15, -0.1) is 5.10 Å². The van der Waals surface area contributed by atoms with E-state index in [1.165, 1.54) is 0 Å². The van der Waals surface area contributed by atoms with Gasteiger partial charge >= 0.3 is 0 Å². The highest BCUT2D eigenvalue weighted by Gasteiger charge is 2.34. The van der Waals surface area contributed by atoms with Crippen molar-refractivity contribution in [3.63, 3.8) is 0 Å². The van der Waals surface area contributed by atoms with E-state index >= 15 is 0 Å². The molecule has 2 aromatic carbocycles. The number of para-hydroxylation sites is 1. The predicted octanol–water partition coefficient (Wildman–Crippen LogP) is 2.65. The largest absolute Gasteiger partial charge is 0.496 e. The molecular weight excluding hydrogens is 316 g/mol. The van der Waals surface area contributed by atoms with Gasteiger partial charge in [-0.3, -0.25) is 4.79 Å². The number of likely N-dealkylation sites (tertiary alicyclic amines) is 1. The fourth-order valence-electron chi connectivity index (χ4n) is 2.98. The number of ether oxygens (including phenoxy) is 1. The van der Waals surface area contributed by atoms with Gasteiger partial charge < -0.3 is 9.64 Å². The van der Waals surface area contributed by atoms with Crippen LogP contribution in [-0.4, -0.2) is 46.0 Å². The van der Waals surface area contributed by atoms with Gasteiger partial charge in [0.25, 0.3) is 5.91 Å². The molecular formula is C19H18N4O2. The molecule has 1 amide bonds. The van der Waals surface area contributed by atoms with E-state index in [1.807, 2.05) is 53.3 Å². The Morgan fingerprint density at radius 2 is 1.80 bits per heavy atom. The van der Waals surface area contributed by atoms with Crippen molar-refractivity contribution in [2.24, 2.45) is 0 Å². The molecule has 4 rings (SSSR count). The normalized spacial score (nSPS) is 14.2. The Kier molecular flexibility index (Phi) is 3.93. The van der Waals surface area contributed by atoms with Crippen molar-refractivity contribution in [1.29, 1.82) is 0 Å². The average molecular weight is 334 g/mol. The molecule has 0 saturated carbocycles. The molecule has 0 bridgehead atoms. The number of hydrogen-bond donors (Lipinski definition) is 0. The quantitative estimate of drug-likeness (QED) is 0.736. The maximum Gasteiger partial charge on any atom is 0.257 e. The van der Waals surface area contributed by atoms with Crippen LogP contribution in [0.25, 0.3) is 11.3 Å². The van der Waals surface area contributed by atoms with Crippen LogP contribution in [-0.2, 0) is 0 Å². The van der Waals surface area contributed by atoms with Gasteiger partial charge in [-0.25, -0.2) is 4.68 Å². The molecule has 2 heterocycles. The van der Waals surface area contributed by atoms with E-state index in [0.29, 0.717) is 24.4 Å². The van der Waals surface area contributed by atoms with Crippen LogP contribution in [0.4, 0.5) is 0 Å². The lowest BCUT2D eigenvalue weighted by Crippen LogP contribution is -2.50. The van der Waals surface area contributed by atoms with Gasteiger partial charge in [0, 0.05) is 18.7 Å². The summed E-state index contributed by atoms with van der Waals surface area (Å²) in [6, 6.07) is 17.4. The summed E-state index contributed by atoms with van der Waals surface area (Å²) in [4.78, 5) is 14.4. The van der Waals surface area contributed by atoms with E-state index in [9.17, 15) is 4.79 Å². The zero-order valence-electron chi connectivity index (χ0n) is 13.9. The van der Waals surface area contributed by atoms with Gasteiger partial charge in [0.2, 0.25) is 0 Å². The third-order valence-electron chi connectivity index (χ3n) is 4.44. The van der Waals surface area contributed by atoms with Crippen LogP contribution in [0.2, 0.25) is 0 Å². The average Bonchev–Trinajstić information content (AvgIpc) is 3.10. The number of hydrogen-bond acceptors (Lipinski definition) is 4. The molecule has 6 heteroatoms. The summed E-state index contributed by atoms with van der Waals surface area (Å²) in [6.07, 6.45) is 1.94. The standard InChI is InChI=1S/C19H18N4O2/c1-25-18-10-6-5-9-16(18)19(24)22-11-15(12-22)23-13-17(20-21-23)14-7-3-2-4-8-14/h2-10,13,15H,11-12H2,1H3. The topological polar surface area (TPSA) is 60.2 Å². The first kappa shape index (κ1) is 15.4. The Morgan fingerprint density at radius 3 is 2.56 bits per heavy atom. The number of carbonyl (C=O) groups is 1. The second kappa shape index (κ2) is 6.39. The number of aromatic nitrogens is 3. The molecule has 126 valence electrons. The van der Waals surface area contributed by atoms with E-state index in [-0.39, 0.29) is 11.9 Å². The van der Waals surface area contributed by atoms with E-state index in [1.54, 1.807) is 24.1 Å². The maximum absolute atomic E-state index is 12.6. The highest BCUT2D eigenvalue weighted by atomic mass is 16.5. The molecule has 1 aliphatic rings. The fraction of sp³-hybridized carbons (Fsp3) is 0.211. The number of benzene rings is 2. The van der Waals surface area contributed by atoms with Gasteiger partial charge in [0.1, 0.15) is 11.4 Å². The summed E-state index contributed by atoms with van der Waals surface area (Å²) in [6.45, 7) is 1.24. The smallest absolute Gasteiger partial charge is 0.257 e. The molecule has 3 aromatic rings. The molecule has 0 radical (unpaired) electrons. The van der Waals surface area contributed by atoms with E-state index < -0.39 is 0 Å². The molecule has 1 aromatic heterocycles. The highest BCUT2D eigenvalue weighted by Crippen LogP contribution is 2.27. The van der Waals surface area contributed by atoms with E-state index in [4.69, 9.17) is 4.74 Å². The summed E-state index contributed by atoms with van der Waals surface area (Å²) in [5.74, 6) is 0.583. The molecule has 0 unspecified atom stereocenters. The second-order valence-electron chi connectivity index (χ2n) is 6.01. The second-order valence-corrected chi connectivity index (χ2v) is 6.01. The summed E-state index contributed by atoms with van der Waals surface area (Å²) in [5.41, 5.74) is 2.47. The van der Waals surface area contributed by atoms with Gasteiger partial charge in [-0.1, -0.05) is 47.7 Å². The Labute approximate surface area is 145 Å². The summed E-state index contributed by atoms with van der Waals surface area (Å²) < 4.78 is 7.12.